The first-order valence-corrected chi connectivity index (χ1v) is 10.6. The molecule has 1 fully saturated rings. The second kappa shape index (κ2) is 7.27. The number of imidazole rings is 1. The minimum atomic E-state index is -0.758. The van der Waals surface area contributed by atoms with Gasteiger partial charge in [0.05, 0.1) is 16.6 Å². The molecular weight excluding hydrogens is 418 g/mol. The maximum atomic E-state index is 12.4. The van der Waals surface area contributed by atoms with Gasteiger partial charge < -0.3 is 9.82 Å². The van der Waals surface area contributed by atoms with Crippen molar-refractivity contribution in [1.82, 2.24) is 15.0 Å². The van der Waals surface area contributed by atoms with Crippen LogP contribution in [0.3, 0.4) is 0 Å². The molecule has 1 aromatic heterocycles. The third kappa shape index (κ3) is 3.05. The fraction of sp³-hybridized carbons (Fsp3) is 0.0769. The summed E-state index contributed by atoms with van der Waals surface area (Å²) in [4.78, 5) is 49.0. The Balaban J connectivity index is 1.39. The normalized spacial score (nSPS) is 14.0. The second-order valence-electron chi connectivity index (χ2n) is 7.94. The smallest absolute Gasteiger partial charge is 0.337 e. The lowest BCUT2D eigenvalue weighted by molar-refractivity contribution is -0.172. The molecule has 7 nitrogen and oxygen atoms in total. The van der Waals surface area contributed by atoms with Gasteiger partial charge in [0.1, 0.15) is 5.82 Å². The Morgan fingerprint density at radius 2 is 1.36 bits per heavy atom. The zero-order valence-electron chi connectivity index (χ0n) is 17.4. The molecule has 0 radical (unpaired) electrons. The summed E-state index contributed by atoms with van der Waals surface area (Å²) < 4.78 is 0. The van der Waals surface area contributed by atoms with E-state index in [0.29, 0.717) is 10.9 Å². The zero-order valence-corrected chi connectivity index (χ0v) is 17.4. The van der Waals surface area contributed by atoms with Crippen molar-refractivity contribution < 1.29 is 19.2 Å². The predicted octanol–water partition coefficient (Wildman–Crippen LogP) is 4.76. The molecule has 1 aliphatic rings. The molecule has 2 amide bonds. The van der Waals surface area contributed by atoms with Crippen molar-refractivity contribution in [2.24, 2.45) is 0 Å². The minimum absolute atomic E-state index is 0.0560. The predicted molar refractivity (Wildman–Crippen MR) is 123 cm³/mol. The number of nitrogens with one attached hydrogen (secondary N) is 1. The Bertz CT molecular complexity index is 1510. The molecule has 1 N–H and O–H groups in total. The average molecular weight is 435 g/mol. The number of imide groups is 1. The summed E-state index contributed by atoms with van der Waals surface area (Å²) in [6.07, 6.45) is 0.112. The number of nitrogens with zero attached hydrogens (tertiary/aromatic N) is 2. The van der Waals surface area contributed by atoms with E-state index in [-0.39, 0.29) is 18.4 Å². The molecule has 160 valence electrons. The number of carbonyl (C=O) groups excluding carboxylic acids is 3. The zero-order chi connectivity index (χ0) is 22.5. The van der Waals surface area contributed by atoms with Crippen molar-refractivity contribution in [2.75, 3.05) is 0 Å². The lowest BCUT2D eigenvalue weighted by Gasteiger charge is -2.12. The van der Waals surface area contributed by atoms with E-state index in [9.17, 15) is 14.4 Å². The van der Waals surface area contributed by atoms with Crippen LogP contribution in [0.25, 0.3) is 44.0 Å². The van der Waals surface area contributed by atoms with Gasteiger partial charge in [0, 0.05) is 29.2 Å². The third-order valence-corrected chi connectivity index (χ3v) is 5.95. The molecule has 4 aromatic carbocycles. The molecule has 7 heteroatoms. The highest BCUT2D eigenvalue weighted by Gasteiger charge is 2.33. The van der Waals surface area contributed by atoms with Gasteiger partial charge in [0.2, 0.25) is 0 Å². The van der Waals surface area contributed by atoms with Crippen LogP contribution in [-0.4, -0.2) is 32.8 Å². The topological polar surface area (TPSA) is 92.4 Å². The van der Waals surface area contributed by atoms with Gasteiger partial charge in [0.25, 0.3) is 11.8 Å². The van der Waals surface area contributed by atoms with Gasteiger partial charge >= 0.3 is 5.97 Å². The number of hydroxylamine groups is 2. The molecule has 2 heterocycles. The molecule has 0 aliphatic carbocycles. The monoisotopic (exact) mass is 435 g/mol. The molecular formula is C26H17N3O4. The maximum Gasteiger partial charge on any atom is 0.363 e. The minimum Gasteiger partial charge on any atom is -0.337 e. The fourth-order valence-corrected chi connectivity index (χ4v) is 4.32. The van der Waals surface area contributed by atoms with Crippen molar-refractivity contribution in [2.45, 2.75) is 12.8 Å². The number of aromatic amines is 1. The first kappa shape index (κ1) is 19.2. The second-order valence-corrected chi connectivity index (χ2v) is 7.94. The molecule has 0 saturated carbocycles. The lowest BCUT2D eigenvalue weighted by Crippen LogP contribution is -2.32. The van der Waals surface area contributed by atoms with Gasteiger partial charge in [-0.25, -0.2) is 9.78 Å². The summed E-state index contributed by atoms with van der Waals surface area (Å²) in [6, 6.07) is 23.1. The molecule has 0 atom stereocenters. The molecule has 33 heavy (non-hydrogen) atoms. The van der Waals surface area contributed by atoms with Crippen molar-refractivity contribution >= 4 is 50.4 Å². The molecule has 0 unspecified atom stereocenters. The largest absolute Gasteiger partial charge is 0.363 e. The highest BCUT2D eigenvalue weighted by atomic mass is 16.7. The van der Waals surface area contributed by atoms with E-state index in [0.717, 1.165) is 38.1 Å². The standard InChI is InChI=1S/C26H17N3O4/c30-21-13-14-22(31)29(21)33-26(32)16-11-9-15(10-12-16)25-27-23-19-7-3-1-5-17(19)18-6-2-4-8-20(18)24(23)28-25/h1-12H,13-14H2,(H,27,28). The number of H-pyrrole nitrogens is 1. The van der Waals surface area contributed by atoms with Crippen LogP contribution in [0.2, 0.25) is 0 Å². The quantitative estimate of drug-likeness (QED) is 0.326. The summed E-state index contributed by atoms with van der Waals surface area (Å²) in [6.45, 7) is 0. The van der Waals surface area contributed by atoms with Gasteiger partial charge in [-0.15, -0.1) is 5.06 Å². The number of carbonyl (C=O) groups is 3. The molecule has 1 saturated heterocycles. The highest BCUT2D eigenvalue weighted by molar-refractivity contribution is 6.23. The number of rotatable bonds is 3. The summed E-state index contributed by atoms with van der Waals surface area (Å²) >= 11 is 0. The summed E-state index contributed by atoms with van der Waals surface area (Å²) in [5.41, 5.74) is 2.87. The van der Waals surface area contributed by atoms with Crippen LogP contribution < -0.4 is 0 Å². The van der Waals surface area contributed by atoms with Crippen molar-refractivity contribution in [3.8, 4) is 11.4 Å². The first-order chi connectivity index (χ1) is 16.1. The maximum absolute atomic E-state index is 12.4. The molecule has 0 spiro atoms. The van der Waals surface area contributed by atoms with Gasteiger partial charge in [-0.3, -0.25) is 9.59 Å². The molecule has 6 rings (SSSR count). The number of aromatic nitrogens is 2. The lowest BCUT2D eigenvalue weighted by atomic mass is 10.0. The Labute approximate surface area is 187 Å². The van der Waals surface area contributed by atoms with Crippen LogP contribution in [0.4, 0.5) is 0 Å². The van der Waals surface area contributed by atoms with Gasteiger partial charge in [-0.2, -0.15) is 0 Å². The van der Waals surface area contributed by atoms with E-state index in [4.69, 9.17) is 9.82 Å². The Hall–Kier alpha value is -4.52. The van der Waals surface area contributed by atoms with Gasteiger partial charge in [-0.1, -0.05) is 60.7 Å². The van der Waals surface area contributed by atoms with E-state index in [1.807, 2.05) is 24.3 Å². The number of hydrogen-bond donors (Lipinski definition) is 1. The molecule has 5 aromatic rings. The van der Waals surface area contributed by atoms with Crippen LogP contribution in [0.1, 0.15) is 23.2 Å². The molecule has 1 aliphatic heterocycles. The SMILES string of the molecule is O=C(ON1C(=O)CCC1=O)c1ccc(-c2nc3c4ccccc4c4ccccc4c3[nH]2)cc1. The number of benzene rings is 4. The van der Waals surface area contributed by atoms with Crippen LogP contribution in [-0.2, 0) is 14.4 Å². The van der Waals surface area contributed by atoms with Gasteiger partial charge in [0.15, 0.2) is 0 Å². The van der Waals surface area contributed by atoms with E-state index in [1.165, 1.54) is 0 Å². The van der Waals surface area contributed by atoms with Crippen molar-refractivity contribution in [1.29, 1.82) is 0 Å². The Morgan fingerprint density at radius 1 is 0.788 bits per heavy atom. The van der Waals surface area contributed by atoms with E-state index >= 15 is 0 Å². The highest BCUT2D eigenvalue weighted by Crippen LogP contribution is 2.35. The van der Waals surface area contributed by atoms with Crippen LogP contribution >= 0.6 is 0 Å². The molecule has 0 bridgehead atoms. The summed E-state index contributed by atoms with van der Waals surface area (Å²) in [5, 5.41) is 4.99. The van der Waals surface area contributed by atoms with Crippen molar-refractivity contribution in [3.05, 3.63) is 78.4 Å². The van der Waals surface area contributed by atoms with Gasteiger partial charge in [-0.05, 0) is 22.9 Å². The number of fused-ring (bicyclic) bond motifs is 6. The van der Waals surface area contributed by atoms with E-state index in [1.54, 1.807) is 24.3 Å². The van der Waals surface area contributed by atoms with Crippen molar-refractivity contribution in [3.63, 3.8) is 0 Å². The summed E-state index contributed by atoms with van der Waals surface area (Å²) in [7, 11) is 0. The van der Waals surface area contributed by atoms with Crippen LogP contribution in [0.5, 0.6) is 0 Å². The Morgan fingerprint density at radius 3 is 2.03 bits per heavy atom. The average Bonchev–Trinajstić information content (AvgIpc) is 3.44. The Kier molecular flexibility index (Phi) is 4.23. The number of hydrogen-bond acceptors (Lipinski definition) is 5. The third-order valence-electron chi connectivity index (χ3n) is 5.95. The van der Waals surface area contributed by atoms with Crippen LogP contribution in [0.15, 0.2) is 72.8 Å². The number of amides is 2. The summed E-state index contributed by atoms with van der Waals surface area (Å²) in [5.74, 6) is -1.10. The first-order valence-electron chi connectivity index (χ1n) is 10.6. The van der Waals surface area contributed by atoms with E-state index < -0.39 is 17.8 Å². The van der Waals surface area contributed by atoms with E-state index in [2.05, 4.69) is 29.2 Å². The fourth-order valence-electron chi connectivity index (χ4n) is 4.32. The van der Waals surface area contributed by atoms with Crippen LogP contribution in [0, 0.1) is 0 Å².